The SMILES string of the molecule is Cc1cc(Oc2cnn(C(C)C)c2)c(Br)cc1N. The number of aromatic nitrogens is 2. The second-order valence-electron chi connectivity index (χ2n) is 4.49. The number of hydrogen-bond donors (Lipinski definition) is 1. The zero-order valence-corrected chi connectivity index (χ0v) is 12.2. The number of rotatable bonds is 3. The summed E-state index contributed by atoms with van der Waals surface area (Å²) < 4.78 is 8.48. The van der Waals surface area contributed by atoms with Gasteiger partial charge in [-0.15, -0.1) is 0 Å². The molecule has 0 aliphatic carbocycles. The van der Waals surface area contributed by atoms with Gasteiger partial charge in [-0.25, -0.2) is 0 Å². The predicted molar refractivity (Wildman–Crippen MR) is 76.0 cm³/mol. The van der Waals surface area contributed by atoms with Crippen LogP contribution in [-0.2, 0) is 0 Å². The fraction of sp³-hybridized carbons (Fsp3) is 0.308. The number of benzene rings is 1. The van der Waals surface area contributed by atoms with Gasteiger partial charge in [0.2, 0.25) is 0 Å². The lowest BCUT2D eigenvalue weighted by Crippen LogP contribution is -1.99. The van der Waals surface area contributed by atoms with Crippen LogP contribution in [0.15, 0.2) is 29.0 Å². The quantitative estimate of drug-likeness (QED) is 0.875. The summed E-state index contributed by atoms with van der Waals surface area (Å²) in [5.74, 6) is 1.46. The van der Waals surface area contributed by atoms with Gasteiger partial charge in [0.25, 0.3) is 0 Å². The second kappa shape index (κ2) is 5.02. The Bertz CT molecular complexity index is 563. The first-order valence-electron chi connectivity index (χ1n) is 5.75. The van der Waals surface area contributed by atoms with Crippen LogP contribution >= 0.6 is 15.9 Å². The summed E-state index contributed by atoms with van der Waals surface area (Å²) in [7, 11) is 0. The van der Waals surface area contributed by atoms with Gasteiger partial charge in [-0.1, -0.05) is 0 Å². The van der Waals surface area contributed by atoms with Crippen LogP contribution in [-0.4, -0.2) is 9.78 Å². The molecule has 0 amide bonds. The predicted octanol–water partition coefficient (Wildman–Crippen LogP) is 3.91. The number of halogens is 1. The Morgan fingerprint density at radius 1 is 1.39 bits per heavy atom. The Morgan fingerprint density at radius 2 is 2.11 bits per heavy atom. The van der Waals surface area contributed by atoms with E-state index in [0.717, 1.165) is 21.5 Å². The Balaban J connectivity index is 2.25. The molecule has 96 valence electrons. The molecular formula is C13H16BrN3O. The molecule has 0 bridgehead atoms. The van der Waals surface area contributed by atoms with E-state index in [9.17, 15) is 0 Å². The van der Waals surface area contributed by atoms with Gasteiger partial charge in [0, 0.05) is 11.7 Å². The number of ether oxygens (including phenoxy) is 1. The Labute approximate surface area is 115 Å². The summed E-state index contributed by atoms with van der Waals surface area (Å²) in [6, 6.07) is 4.07. The van der Waals surface area contributed by atoms with E-state index in [4.69, 9.17) is 10.5 Å². The lowest BCUT2D eigenvalue weighted by Gasteiger charge is -2.09. The van der Waals surface area contributed by atoms with Gasteiger partial charge < -0.3 is 10.5 Å². The van der Waals surface area contributed by atoms with Gasteiger partial charge in [0.05, 0.1) is 16.9 Å². The molecule has 0 saturated heterocycles. The molecule has 1 aromatic carbocycles. The molecule has 1 aromatic heterocycles. The maximum Gasteiger partial charge on any atom is 0.165 e. The van der Waals surface area contributed by atoms with Crippen LogP contribution in [0.3, 0.4) is 0 Å². The summed E-state index contributed by atoms with van der Waals surface area (Å²) in [6.45, 7) is 6.09. The zero-order valence-electron chi connectivity index (χ0n) is 10.6. The first-order chi connectivity index (χ1) is 8.47. The standard InChI is InChI=1S/C13H16BrN3O/c1-8(2)17-7-10(6-16-17)18-13-4-9(3)12(15)5-11(13)14/h4-8H,15H2,1-3H3. The monoisotopic (exact) mass is 309 g/mol. The van der Waals surface area contributed by atoms with Crippen LogP contribution in [0.25, 0.3) is 0 Å². The highest BCUT2D eigenvalue weighted by Crippen LogP contribution is 2.33. The maximum atomic E-state index is 5.82. The number of nitrogens with two attached hydrogens (primary N) is 1. The van der Waals surface area contributed by atoms with Crippen molar-refractivity contribution in [1.29, 1.82) is 0 Å². The minimum absolute atomic E-state index is 0.318. The smallest absolute Gasteiger partial charge is 0.165 e. The summed E-state index contributed by atoms with van der Waals surface area (Å²) in [5, 5.41) is 4.23. The third-order valence-electron chi connectivity index (χ3n) is 2.66. The molecule has 0 unspecified atom stereocenters. The van der Waals surface area contributed by atoms with E-state index in [1.54, 1.807) is 6.20 Å². The molecule has 4 nitrogen and oxygen atoms in total. The first-order valence-corrected chi connectivity index (χ1v) is 6.54. The van der Waals surface area contributed by atoms with Crippen molar-refractivity contribution >= 4 is 21.6 Å². The molecule has 0 radical (unpaired) electrons. The van der Waals surface area contributed by atoms with Crippen LogP contribution in [0, 0.1) is 6.92 Å². The van der Waals surface area contributed by atoms with Gasteiger partial charge >= 0.3 is 0 Å². The van der Waals surface area contributed by atoms with Crippen LogP contribution in [0.4, 0.5) is 5.69 Å². The van der Waals surface area contributed by atoms with Gasteiger partial charge in [-0.2, -0.15) is 5.10 Å². The maximum absolute atomic E-state index is 5.82. The highest BCUT2D eigenvalue weighted by atomic mass is 79.9. The summed E-state index contributed by atoms with van der Waals surface area (Å²) in [6.07, 6.45) is 3.58. The minimum atomic E-state index is 0.318. The second-order valence-corrected chi connectivity index (χ2v) is 5.35. The normalized spacial score (nSPS) is 10.9. The average Bonchev–Trinajstić information content (AvgIpc) is 2.74. The molecule has 0 aliphatic rings. The summed E-state index contributed by atoms with van der Waals surface area (Å²) in [4.78, 5) is 0. The van der Waals surface area contributed by atoms with Crippen molar-refractivity contribution in [3.05, 3.63) is 34.6 Å². The molecule has 0 atom stereocenters. The van der Waals surface area contributed by atoms with E-state index in [1.807, 2.05) is 29.9 Å². The molecule has 0 spiro atoms. The fourth-order valence-corrected chi connectivity index (χ4v) is 1.97. The van der Waals surface area contributed by atoms with Crippen LogP contribution in [0.2, 0.25) is 0 Å². The number of hydrogen-bond acceptors (Lipinski definition) is 3. The highest BCUT2D eigenvalue weighted by Gasteiger charge is 2.08. The van der Waals surface area contributed by atoms with Crippen molar-refractivity contribution in [1.82, 2.24) is 9.78 Å². The molecule has 2 aromatic rings. The minimum Gasteiger partial charge on any atom is -0.453 e. The van der Waals surface area contributed by atoms with Crippen molar-refractivity contribution in [3.8, 4) is 11.5 Å². The molecule has 1 heterocycles. The first kappa shape index (κ1) is 13.0. The Kier molecular flexibility index (Phi) is 3.61. The highest BCUT2D eigenvalue weighted by molar-refractivity contribution is 9.10. The summed E-state index contributed by atoms with van der Waals surface area (Å²) in [5.41, 5.74) is 7.56. The number of nitrogen functional groups attached to an aromatic ring is 1. The zero-order chi connectivity index (χ0) is 13.3. The lowest BCUT2D eigenvalue weighted by atomic mass is 10.2. The molecule has 2 rings (SSSR count). The van der Waals surface area contributed by atoms with Gasteiger partial charge in [-0.05, 0) is 54.4 Å². The van der Waals surface area contributed by atoms with E-state index in [1.165, 1.54) is 0 Å². The van der Waals surface area contributed by atoms with Crippen molar-refractivity contribution in [2.45, 2.75) is 26.8 Å². The van der Waals surface area contributed by atoms with Crippen molar-refractivity contribution < 1.29 is 4.74 Å². The molecule has 0 saturated carbocycles. The molecule has 2 N–H and O–H groups in total. The average molecular weight is 310 g/mol. The molecule has 5 heteroatoms. The number of aryl methyl sites for hydroxylation is 1. The van der Waals surface area contributed by atoms with Crippen molar-refractivity contribution in [3.63, 3.8) is 0 Å². The summed E-state index contributed by atoms with van der Waals surface area (Å²) >= 11 is 3.44. The lowest BCUT2D eigenvalue weighted by molar-refractivity contribution is 0.474. The van der Waals surface area contributed by atoms with Gasteiger partial charge in [-0.3, -0.25) is 4.68 Å². The Hall–Kier alpha value is -1.49. The fourth-order valence-electron chi connectivity index (χ4n) is 1.53. The van der Waals surface area contributed by atoms with Gasteiger partial charge in [0.15, 0.2) is 5.75 Å². The van der Waals surface area contributed by atoms with E-state index in [0.29, 0.717) is 11.8 Å². The molecule has 18 heavy (non-hydrogen) atoms. The molecule has 0 fully saturated rings. The molecule has 0 aliphatic heterocycles. The van der Waals surface area contributed by atoms with Crippen molar-refractivity contribution in [2.24, 2.45) is 0 Å². The number of nitrogens with zero attached hydrogens (tertiary/aromatic N) is 2. The largest absolute Gasteiger partial charge is 0.453 e. The van der Waals surface area contributed by atoms with Gasteiger partial charge in [0.1, 0.15) is 5.75 Å². The number of anilines is 1. The third-order valence-corrected chi connectivity index (χ3v) is 3.27. The van der Waals surface area contributed by atoms with Crippen molar-refractivity contribution in [2.75, 3.05) is 5.73 Å². The molecular weight excluding hydrogens is 294 g/mol. The topological polar surface area (TPSA) is 53.1 Å². The third kappa shape index (κ3) is 2.67. The van der Waals surface area contributed by atoms with E-state index in [2.05, 4.69) is 34.9 Å². The van der Waals surface area contributed by atoms with E-state index >= 15 is 0 Å². The van der Waals surface area contributed by atoms with E-state index < -0.39 is 0 Å². The van der Waals surface area contributed by atoms with Crippen LogP contribution < -0.4 is 10.5 Å². The van der Waals surface area contributed by atoms with Crippen LogP contribution in [0.1, 0.15) is 25.5 Å². The Morgan fingerprint density at radius 3 is 2.72 bits per heavy atom. The van der Waals surface area contributed by atoms with E-state index in [-0.39, 0.29) is 0 Å². The van der Waals surface area contributed by atoms with Crippen LogP contribution in [0.5, 0.6) is 11.5 Å².